The van der Waals surface area contributed by atoms with E-state index in [4.69, 9.17) is 4.74 Å². The van der Waals surface area contributed by atoms with Crippen molar-refractivity contribution in [2.24, 2.45) is 11.8 Å². The zero-order chi connectivity index (χ0) is 25.7. The van der Waals surface area contributed by atoms with Crippen molar-refractivity contribution in [2.75, 3.05) is 6.61 Å². The van der Waals surface area contributed by atoms with E-state index in [2.05, 4.69) is 13.8 Å². The Hall–Kier alpha value is -1.88. The highest BCUT2D eigenvalue weighted by Crippen LogP contribution is 2.40. The Balaban J connectivity index is 1.43. The predicted molar refractivity (Wildman–Crippen MR) is 137 cm³/mol. The Bertz CT molecular complexity index is 1000. The lowest BCUT2D eigenvalue weighted by Crippen LogP contribution is -2.26. The summed E-state index contributed by atoms with van der Waals surface area (Å²) in [5.74, 6) is -3.11. The quantitative estimate of drug-likeness (QED) is 0.309. The molecule has 5 heteroatoms. The monoisotopic (exact) mass is 504 g/mol. The molecule has 1 heterocycles. The van der Waals surface area contributed by atoms with Crippen molar-refractivity contribution in [3.05, 3.63) is 58.7 Å². The number of halogens is 4. The van der Waals surface area contributed by atoms with E-state index < -0.39 is 23.3 Å². The molecule has 0 radical (unpaired) electrons. The molecule has 1 saturated carbocycles. The van der Waals surface area contributed by atoms with Crippen LogP contribution >= 0.6 is 0 Å². The summed E-state index contributed by atoms with van der Waals surface area (Å²) in [6.07, 6.45) is 11.7. The zero-order valence-corrected chi connectivity index (χ0v) is 21.7. The molecule has 2 aromatic carbocycles. The van der Waals surface area contributed by atoms with Crippen molar-refractivity contribution < 1.29 is 22.3 Å². The number of benzene rings is 2. The molecule has 0 bridgehead atoms. The number of aryl methyl sites for hydroxylation is 1. The van der Waals surface area contributed by atoms with Crippen molar-refractivity contribution in [2.45, 2.75) is 103 Å². The summed E-state index contributed by atoms with van der Waals surface area (Å²) in [6.45, 7) is 4.97. The lowest BCUT2D eigenvalue weighted by Gasteiger charge is -2.29. The fraction of sp³-hybridized carbons (Fsp3) is 0.613. The van der Waals surface area contributed by atoms with E-state index >= 15 is 13.2 Å². The second kappa shape index (κ2) is 12.6. The van der Waals surface area contributed by atoms with E-state index in [9.17, 15) is 4.39 Å². The topological polar surface area (TPSA) is 9.23 Å². The SMILES string of the molecule is CCCC1CCC(c2ccc(-c3ccc(CCC4CCC(CCC)OC4)c(F)c3F)c(F)c2F)CC1. The van der Waals surface area contributed by atoms with Gasteiger partial charge in [-0.05, 0) is 86.7 Å². The van der Waals surface area contributed by atoms with Crippen LogP contribution in [0.3, 0.4) is 0 Å². The largest absolute Gasteiger partial charge is 0.378 e. The van der Waals surface area contributed by atoms with E-state index in [1.54, 1.807) is 6.07 Å². The first kappa shape index (κ1) is 27.2. The predicted octanol–water partition coefficient (Wildman–Crippen LogP) is 9.51. The standard InChI is InChI=1S/C31H40F4O/c1-3-5-20-7-11-22(12-8-20)25-17-18-27(31(35)29(25)33)26-16-14-23(28(32)30(26)34)13-9-21-10-15-24(6-4-2)36-19-21/h14,16-18,20-22,24H,3-13,15,19H2,1-2H3. The molecule has 2 aliphatic rings. The van der Waals surface area contributed by atoms with Crippen LogP contribution in [0.25, 0.3) is 11.1 Å². The number of hydrogen-bond donors (Lipinski definition) is 0. The molecule has 1 aliphatic heterocycles. The van der Waals surface area contributed by atoms with E-state index in [1.165, 1.54) is 24.6 Å². The highest BCUT2D eigenvalue weighted by Gasteiger charge is 2.28. The van der Waals surface area contributed by atoms with Gasteiger partial charge in [-0.15, -0.1) is 0 Å². The summed E-state index contributed by atoms with van der Waals surface area (Å²) in [5.41, 5.74) is 0.184. The minimum Gasteiger partial charge on any atom is -0.378 e. The highest BCUT2D eigenvalue weighted by molar-refractivity contribution is 5.66. The van der Waals surface area contributed by atoms with Crippen molar-refractivity contribution in [1.29, 1.82) is 0 Å². The van der Waals surface area contributed by atoms with Crippen molar-refractivity contribution in [1.82, 2.24) is 0 Å². The van der Waals surface area contributed by atoms with Gasteiger partial charge in [0, 0.05) is 17.7 Å². The van der Waals surface area contributed by atoms with Crippen LogP contribution in [-0.4, -0.2) is 12.7 Å². The number of rotatable bonds is 9. The fourth-order valence-corrected chi connectivity index (χ4v) is 6.25. The van der Waals surface area contributed by atoms with Crippen LogP contribution in [-0.2, 0) is 11.2 Å². The van der Waals surface area contributed by atoms with Crippen molar-refractivity contribution in [3.63, 3.8) is 0 Å². The van der Waals surface area contributed by atoms with Crippen molar-refractivity contribution in [3.8, 4) is 11.1 Å². The Morgan fingerprint density at radius 3 is 1.94 bits per heavy atom. The van der Waals surface area contributed by atoms with E-state index in [0.717, 1.165) is 57.8 Å². The lowest BCUT2D eigenvalue weighted by molar-refractivity contribution is -0.0218. The molecule has 1 nitrogen and oxygen atoms in total. The molecule has 1 aliphatic carbocycles. The lowest BCUT2D eigenvalue weighted by atomic mass is 9.77. The maximum absolute atomic E-state index is 15.1. The second-order valence-electron chi connectivity index (χ2n) is 11.0. The van der Waals surface area contributed by atoms with Crippen LogP contribution in [0.4, 0.5) is 17.6 Å². The Morgan fingerprint density at radius 2 is 1.31 bits per heavy atom. The van der Waals surface area contributed by atoms with Gasteiger partial charge in [-0.1, -0.05) is 57.4 Å². The van der Waals surface area contributed by atoms with Gasteiger partial charge >= 0.3 is 0 Å². The van der Waals surface area contributed by atoms with E-state index in [0.29, 0.717) is 43.0 Å². The number of ether oxygens (including phenoxy) is 1. The summed E-state index contributed by atoms with van der Waals surface area (Å²) < 4.78 is 66.1. The smallest absolute Gasteiger partial charge is 0.167 e. The fourth-order valence-electron chi connectivity index (χ4n) is 6.25. The van der Waals surface area contributed by atoms with Crippen molar-refractivity contribution >= 4 is 0 Å². The molecule has 2 fully saturated rings. The second-order valence-corrected chi connectivity index (χ2v) is 11.0. The number of hydrogen-bond acceptors (Lipinski definition) is 1. The molecule has 1 saturated heterocycles. The molecule has 2 aromatic rings. The molecule has 0 spiro atoms. The zero-order valence-electron chi connectivity index (χ0n) is 21.7. The molecule has 36 heavy (non-hydrogen) atoms. The summed E-state index contributed by atoms with van der Waals surface area (Å²) >= 11 is 0. The van der Waals surface area contributed by atoms with Crippen LogP contribution < -0.4 is 0 Å². The van der Waals surface area contributed by atoms with Gasteiger partial charge in [0.25, 0.3) is 0 Å². The van der Waals surface area contributed by atoms with Gasteiger partial charge in [0.15, 0.2) is 23.3 Å². The third-order valence-electron chi connectivity index (χ3n) is 8.45. The highest BCUT2D eigenvalue weighted by atomic mass is 19.2. The first-order valence-electron chi connectivity index (χ1n) is 14.0. The molecule has 0 amide bonds. The Morgan fingerprint density at radius 1 is 0.667 bits per heavy atom. The summed E-state index contributed by atoms with van der Waals surface area (Å²) in [6, 6.07) is 5.88. The van der Waals surface area contributed by atoms with Gasteiger partial charge in [0.2, 0.25) is 0 Å². The van der Waals surface area contributed by atoms with Crippen LogP contribution in [0.15, 0.2) is 24.3 Å². The molecular formula is C31H40F4O. The van der Waals surface area contributed by atoms with Crippen LogP contribution in [0.1, 0.15) is 102 Å². The average molecular weight is 505 g/mol. The molecule has 4 rings (SSSR count). The maximum Gasteiger partial charge on any atom is 0.167 e. The van der Waals surface area contributed by atoms with E-state index in [1.807, 2.05) is 0 Å². The Kier molecular flexibility index (Phi) is 9.49. The molecule has 0 aromatic heterocycles. The first-order valence-corrected chi connectivity index (χ1v) is 14.0. The van der Waals surface area contributed by atoms with Gasteiger partial charge in [-0.25, -0.2) is 17.6 Å². The van der Waals surface area contributed by atoms with Crippen LogP contribution in [0.2, 0.25) is 0 Å². The normalized spacial score (nSPS) is 24.7. The molecule has 0 N–H and O–H groups in total. The molecule has 2 atom stereocenters. The van der Waals surface area contributed by atoms with Gasteiger partial charge in [-0.3, -0.25) is 0 Å². The van der Waals surface area contributed by atoms with Crippen LogP contribution in [0.5, 0.6) is 0 Å². The molecule has 198 valence electrons. The third-order valence-corrected chi connectivity index (χ3v) is 8.45. The summed E-state index contributed by atoms with van der Waals surface area (Å²) in [5, 5.41) is 0. The third kappa shape index (κ3) is 6.15. The van der Waals surface area contributed by atoms with Gasteiger partial charge < -0.3 is 4.74 Å². The minimum absolute atomic E-state index is 0.0216. The van der Waals surface area contributed by atoms with Gasteiger partial charge in [0.05, 0.1) is 6.10 Å². The van der Waals surface area contributed by atoms with Gasteiger partial charge in [-0.2, -0.15) is 0 Å². The summed E-state index contributed by atoms with van der Waals surface area (Å²) in [4.78, 5) is 0. The maximum atomic E-state index is 15.1. The van der Waals surface area contributed by atoms with E-state index in [-0.39, 0.29) is 22.6 Å². The summed E-state index contributed by atoms with van der Waals surface area (Å²) in [7, 11) is 0. The minimum atomic E-state index is -1.11. The Labute approximate surface area is 213 Å². The van der Waals surface area contributed by atoms with Gasteiger partial charge in [0.1, 0.15) is 0 Å². The molecule has 2 unspecified atom stereocenters. The van der Waals surface area contributed by atoms with Crippen LogP contribution in [0, 0.1) is 35.1 Å². The average Bonchev–Trinajstić information content (AvgIpc) is 2.89. The molecular weight excluding hydrogens is 464 g/mol. The first-order chi connectivity index (χ1) is 17.4.